The number of hydroxylamine groups is 2. The van der Waals surface area contributed by atoms with Gasteiger partial charge in [0, 0.05) is 13.0 Å². The molecule has 1 saturated heterocycles. The van der Waals surface area contributed by atoms with Gasteiger partial charge < -0.3 is 4.42 Å². The van der Waals surface area contributed by atoms with Crippen molar-refractivity contribution in [3.63, 3.8) is 0 Å². The molecule has 15 heavy (non-hydrogen) atoms. The third-order valence-corrected chi connectivity index (χ3v) is 2.45. The quantitative estimate of drug-likeness (QED) is 0.748. The summed E-state index contributed by atoms with van der Waals surface area (Å²) in [7, 11) is 0. The number of hydrogen-bond acceptors (Lipinski definition) is 3. The molecule has 2 heterocycles. The molecule has 0 saturated carbocycles. The maximum Gasteiger partial charge on any atom is 0.313 e. The lowest BCUT2D eigenvalue weighted by molar-refractivity contribution is -0.145. The number of furan rings is 1. The Labute approximate surface area is 88.8 Å². The van der Waals surface area contributed by atoms with Crippen molar-refractivity contribution in [2.24, 2.45) is 0 Å². The van der Waals surface area contributed by atoms with Crippen LogP contribution in [-0.2, 0) is 11.3 Å². The lowest BCUT2D eigenvalue weighted by Crippen LogP contribution is -2.35. The second kappa shape index (κ2) is 4.49. The summed E-state index contributed by atoms with van der Waals surface area (Å²) in [4.78, 5) is 17.1. The van der Waals surface area contributed by atoms with Crippen molar-refractivity contribution in [3.8, 4) is 0 Å². The van der Waals surface area contributed by atoms with Crippen LogP contribution in [0.3, 0.4) is 0 Å². The molecule has 0 N–H and O–H groups in total. The second-order valence-electron chi connectivity index (χ2n) is 3.57. The van der Waals surface area contributed by atoms with Crippen LogP contribution in [0.2, 0.25) is 0 Å². The van der Waals surface area contributed by atoms with E-state index < -0.39 is 0 Å². The lowest BCUT2D eigenvalue weighted by Gasteiger charge is -2.24. The number of amides is 1. The van der Waals surface area contributed by atoms with Crippen LogP contribution < -0.4 is 0 Å². The predicted octanol–water partition coefficient (Wildman–Crippen LogP) is 2.01. The first kappa shape index (κ1) is 10.2. The van der Waals surface area contributed by atoms with Gasteiger partial charge >= 0.3 is 5.91 Å². The molecule has 0 bridgehead atoms. The number of hydrogen-bond donors (Lipinski definition) is 0. The van der Waals surface area contributed by atoms with Gasteiger partial charge in [0.2, 0.25) is 0 Å². The van der Waals surface area contributed by atoms with Crippen molar-refractivity contribution < 1.29 is 14.0 Å². The maximum absolute atomic E-state index is 11.8. The number of nitrogens with zero attached hydrogens (tertiary/aromatic N) is 1. The SMILES string of the molecule is CCc1ccc(C(=O)N2CCCCO2)o1. The van der Waals surface area contributed by atoms with Gasteiger partial charge in [0.25, 0.3) is 0 Å². The third-order valence-electron chi connectivity index (χ3n) is 2.45. The Morgan fingerprint density at radius 3 is 2.93 bits per heavy atom. The van der Waals surface area contributed by atoms with Gasteiger partial charge in [-0.2, -0.15) is 0 Å². The maximum atomic E-state index is 11.8. The van der Waals surface area contributed by atoms with Gasteiger partial charge in [-0.15, -0.1) is 0 Å². The van der Waals surface area contributed by atoms with Crippen LogP contribution >= 0.6 is 0 Å². The average molecular weight is 209 g/mol. The van der Waals surface area contributed by atoms with E-state index in [1.165, 1.54) is 5.06 Å². The molecule has 0 radical (unpaired) electrons. The molecule has 1 aliphatic rings. The highest BCUT2D eigenvalue weighted by atomic mass is 16.7. The predicted molar refractivity (Wildman–Crippen MR) is 54.3 cm³/mol. The van der Waals surface area contributed by atoms with Crippen LogP contribution in [0.4, 0.5) is 0 Å². The van der Waals surface area contributed by atoms with Crippen LogP contribution in [0.15, 0.2) is 16.5 Å². The molecular formula is C11H15NO3. The smallest absolute Gasteiger partial charge is 0.313 e. The monoisotopic (exact) mass is 209 g/mol. The van der Waals surface area contributed by atoms with E-state index in [-0.39, 0.29) is 5.91 Å². The first-order chi connectivity index (χ1) is 7.31. The van der Waals surface area contributed by atoms with Gasteiger partial charge in [0.1, 0.15) is 5.76 Å². The third kappa shape index (κ3) is 2.21. The molecule has 0 spiro atoms. The molecular weight excluding hydrogens is 194 g/mol. The molecule has 4 heteroatoms. The summed E-state index contributed by atoms with van der Waals surface area (Å²) in [5.41, 5.74) is 0. The highest BCUT2D eigenvalue weighted by Gasteiger charge is 2.21. The van der Waals surface area contributed by atoms with Crippen molar-refractivity contribution in [1.82, 2.24) is 5.06 Å². The summed E-state index contributed by atoms with van der Waals surface area (Å²) in [6.07, 6.45) is 2.81. The fourth-order valence-electron chi connectivity index (χ4n) is 1.56. The van der Waals surface area contributed by atoms with E-state index in [0.29, 0.717) is 18.9 Å². The Morgan fingerprint density at radius 1 is 1.47 bits per heavy atom. The van der Waals surface area contributed by atoms with Crippen LogP contribution in [0, 0.1) is 0 Å². The van der Waals surface area contributed by atoms with Crippen molar-refractivity contribution in [1.29, 1.82) is 0 Å². The van der Waals surface area contributed by atoms with Gasteiger partial charge in [-0.3, -0.25) is 9.63 Å². The molecule has 82 valence electrons. The minimum absolute atomic E-state index is 0.172. The zero-order valence-corrected chi connectivity index (χ0v) is 8.86. The molecule has 1 aliphatic heterocycles. The summed E-state index contributed by atoms with van der Waals surface area (Å²) in [5.74, 6) is 1.03. The molecule has 1 aromatic rings. The van der Waals surface area contributed by atoms with Gasteiger partial charge in [-0.05, 0) is 25.0 Å². The number of carbonyl (C=O) groups is 1. The summed E-state index contributed by atoms with van der Waals surface area (Å²) < 4.78 is 5.38. The molecule has 0 aliphatic carbocycles. The summed E-state index contributed by atoms with van der Waals surface area (Å²) in [6.45, 7) is 3.26. The van der Waals surface area contributed by atoms with Gasteiger partial charge in [0.15, 0.2) is 5.76 Å². The van der Waals surface area contributed by atoms with Crippen LogP contribution in [-0.4, -0.2) is 24.1 Å². The Bertz CT molecular complexity index is 339. The normalized spacial score (nSPS) is 16.7. The van der Waals surface area contributed by atoms with Crippen LogP contribution in [0.1, 0.15) is 36.1 Å². The molecule has 2 rings (SSSR count). The first-order valence-corrected chi connectivity index (χ1v) is 5.34. The van der Waals surface area contributed by atoms with E-state index in [0.717, 1.165) is 25.0 Å². The molecule has 1 aromatic heterocycles. The largest absolute Gasteiger partial charge is 0.456 e. The van der Waals surface area contributed by atoms with Crippen molar-refractivity contribution in [2.45, 2.75) is 26.2 Å². The molecule has 1 fully saturated rings. The van der Waals surface area contributed by atoms with Crippen molar-refractivity contribution in [3.05, 3.63) is 23.7 Å². The van der Waals surface area contributed by atoms with E-state index in [4.69, 9.17) is 9.25 Å². The van der Waals surface area contributed by atoms with Gasteiger partial charge in [-0.1, -0.05) is 6.92 Å². The number of rotatable bonds is 2. The highest BCUT2D eigenvalue weighted by Crippen LogP contribution is 2.14. The molecule has 0 atom stereocenters. The van der Waals surface area contributed by atoms with Crippen LogP contribution in [0.25, 0.3) is 0 Å². The molecule has 0 unspecified atom stereocenters. The van der Waals surface area contributed by atoms with E-state index in [1.807, 2.05) is 13.0 Å². The van der Waals surface area contributed by atoms with Gasteiger partial charge in [0.05, 0.1) is 6.61 Å². The van der Waals surface area contributed by atoms with Crippen molar-refractivity contribution >= 4 is 5.91 Å². The summed E-state index contributed by atoms with van der Waals surface area (Å²) in [6, 6.07) is 3.54. The standard InChI is InChI=1S/C11H15NO3/c1-2-9-5-6-10(15-9)11(13)12-7-3-4-8-14-12/h5-6H,2-4,7-8H2,1H3. The van der Waals surface area contributed by atoms with Gasteiger partial charge in [-0.25, -0.2) is 5.06 Å². The number of aryl methyl sites for hydroxylation is 1. The van der Waals surface area contributed by atoms with E-state index in [2.05, 4.69) is 0 Å². The average Bonchev–Trinajstić information content (AvgIpc) is 2.78. The number of carbonyl (C=O) groups excluding carboxylic acids is 1. The fraction of sp³-hybridized carbons (Fsp3) is 0.545. The Balaban J connectivity index is 2.05. The summed E-state index contributed by atoms with van der Waals surface area (Å²) >= 11 is 0. The highest BCUT2D eigenvalue weighted by molar-refractivity contribution is 5.90. The van der Waals surface area contributed by atoms with E-state index in [9.17, 15) is 4.79 Å². The van der Waals surface area contributed by atoms with Crippen molar-refractivity contribution in [2.75, 3.05) is 13.2 Å². The Morgan fingerprint density at radius 2 is 2.33 bits per heavy atom. The molecule has 1 amide bonds. The van der Waals surface area contributed by atoms with E-state index in [1.54, 1.807) is 6.07 Å². The minimum Gasteiger partial charge on any atom is -0.456 e. The second-order valence-corrected chi connectivity index (χ2v) is 3.57. The first-order valence-electron chi connectivity index (χ1n) is 5.34. The fourth-order valence-corrected chi connectivity index (χ4v) is 1.56. The molecule has 4 nitrogen and oxygen atoms in total. The zero-order valence-electron chi connectivity index (χ0n) is 8.86. The Kier molecular flexibility index (Phi) is 3.06. The Hall–Kier alpha value is -1.29. The summed E-state index contributed by atoms with van der Waals surface area (Å²) in [5, 5.41) is 1.39. The van der Waals surface area contributed by atoms with E-state index >= 15 is 0 Å². The lowest BCUT2D eigenvalue weighted by atomic mass is 10.3. The van der Waals surface area contributed by atoms with Crippen LogP contribution in [0.5, 0.6) is 0 Å². The zero-order chi connectivity index (χ0) is 10.7. The topological polar surface area (TPSA) is 42.7 Å². The minimum atomic E-state index is -0.172. The molecule has 0 aromatic carbocycles.